The Morgan fingerprint density at radius 3 is 2.38 bits per heavy atom. The number of aromatic nitrogens is 2. The molecule has 1 aliphatic carbocycles. The van der Waals surface area contributed by atoms with Crippen LogP contribution in [0.25, 0.3) is 10.9 Å². The monoisotopic (exact) mass is 549 g/mol. The van der Waals surface area contributed by atoms with Gasteiger partial charge in [0.25, 0.3) is 0 Å². The van der Waals surface area contributed by atoms with Crippen LogP contribution in [-0.2, 0) is 10.0 Å². The Labute approximate surface area is 208 Å². The van der Waals surface area contributed by atoms with Gasteiger partial charge in [-0.05, 0) is 67.9 Å². The molecule has 1 fully saturated rings. The van der Waals surface area contributed by atoms with Crippen molar-refractivity contribution in [2.45, 2.75) is 30.6 Å². The van der Waals surface area contributed by atoms with Crippen LogP contribution in [0.4, 0.5) is 16.2 Å². The van der Waals surface area contributed by atoms with Crippen molar-refractivity contribution in [3.63, 3.8) is 0 Å². The van der Waals surface area contributed by atoms with Crippen LogP contribution < -0.4 is 14.9 Å². The van der Waals surface area contributed by atoms with Crippen molar-refractivity contribution in [2.24, 2.45) is 11.8 Å². The van der Waals surface area contributed by atoms with E-state index in [-0.39, 0.29) is 10.8 Å². The van der Waals surface area contributed by atoms with E-state index in [9.17, 15) is 12.8 Å². The first-order valence-corrected chi connectivity index (χ1v) is 13.6. The Balaban J connectivity index is 1.29. The zero-order chi connectivity index (χ0) is 24.3. The maximum absolute atomic E-state index is 14.1. The van der Waals surface area contributed by atoms with Crippen LogP contribution in [0, 0.1) is 17.7 Å². The molecule has 3 aromatic rings. The Bertz CT molecular complexity index is 1260. The second-order valence-corrected chi connectivity index (χ2v) is 11.6. The van der Waals surface area contributed by atoms with Gasteiger partial charge in [0.1, 0.15) is 16.5 Å². The molecule has 0 unspecified atom stereocenters. The minimum atomic E-state index is -3.87. The summed E-state index contributed by atoms with van der Waals surface area (Å²) in [5.74, 6) is 1.45. The average Bonchev–Trinajstić information content (AvgIpc) is 2.81. The summed E-state index contributed by atoms with van der Waals surface area (Å²) >= 11 is 3.15. The second kappa shape index (κ2) is 10.5. The number of para-hydroxylation sites is 1. The number of hydrogen-bond acceptors (Lipinski definition) is 6. The van der Waals surface area contributed by atoms with E-state index < -0.39 is 15.8 Å². The van der Waals surface area contributed by atoms with Crippen molar-refractivity contribution in [3.05, 3.63) is 52.8 Å². The molecule has 0 aliphatic heterocycles. The van der Waals surface area contributed by atoms with E-state index in [0.717, 1.165) is 55.0 Å². The van der Waals surface area contributed by atoms with Gasteiger partial charge in [-0.15, -0.1) is 0 Å². The molecule has 0 radical (unpaired) electrons. The first-order chi connectivity index (χ1) is 16.2. The number of nitrogens with zero attached hydrogens (tertiary/aromatic N) is 3. The van der Waals surface area contributed by atoms with Crippen molar-refractivity contribution in [3.8, 4) is 0 Å². The summed E-state index contributed by atoms with van der Waals surface area (Å²) in [5, 5.41) is 4.42. The lowest BCUT2D eigenvalue weighted by molar-refractivity contribution is 0.284. The molecule has 1 heterocycles. The largest absolute Gasteiger partial charge is 0.362 e. The van der Waals surface area contributed by atoms with Gasteiger partial charge < -0.3 is 10.2 Å². The molecule has 0 bridgehead atoms. The Hall–Kier alpha value is -2.30. The summed E-state index contributed by atoms with van der Waals surface area (Å²) in [5.41, 5.74) is 0.905. The molecule has 182 valence electrons. The van der Waals surface area contributed by atoms with Crippen LogP contribution >= 0.6 is 15.9 Å². The maximum Gasteiger partial charge on any atom is 0.243 e. The lowest BCUT2D eigenvalue weighted by Gasteiger charge is -2.28. The highest BCUT2D eigenvalue weighted by atomic mass is 79.9. The minimum absolute atomic E-state index is 0.238. The zero-order valence-corrected chi connectivity index (χ0v) is 21.7. The highest BCUT2D eigenvalue weighted by Gasteiger charge is 2.25. The smallest absolute Gasteiger partial charge is 0.243 e. The molecule has 2 aromatic carbocycles. The maximum atomic E-state index is 14.1. The fraction of sp³-hybridized carbons (Fsp3) is 0.417. The first-order valence-electron chi connectivity index (χ1n) is 11.4. The van der Waals surface area contributed by atoms with Crippen LogP contribution in [0.2, 0.25) is 0 Å². The summed E-state index contributed by atoms with van der Waals surface area (Å²) in [6.45, 7) is 1.09. The van der Waals surface area contributed by atoms with Gasteiger partial charge in [-0.2, -0.15) is 4.98 Å². The van der Waals surface area contributed by atoms with Crippen LogP contribution in [0.15, 0.2) is 51.8 Å². The molecule has 0 saturated heterocycles. The van der Waals surface area contributed by atoms with Gasteiger partial charge in [0.15, 0.2) is 0 Å². The molecule has 0 atom stereocenters. The zero-order valence-electron chi connectivity index (χ0n) is 19.3. The number of hydrogen-bond donors (Lipinski definition) is 2. The van der Waals surface area contributed by atoms with Gasteiger partial charge >= 0.3 is 0 Å². The highest BCUT2D eigenvalue weighted by molar-refractivity contribution is 9.10. The van der Waals surface area contributed by atoms with E-state index in [4.69, 9.17) is 4.98 Å². The van der Waals surface area contributed by atoms with Crippen molar-refractivity contribution < 1.29 is 12.8 Å². The Kier molecular flexibility index (Phi) is 7.69. The molecule has 1 aliphatic rings. The van der Waals surface area contributed by atoms with Gasteiger partial charge in [-0.1, -0.05) is 28.1 Å². The molecule has 2 N–H and O–H groups in total. The van der Waals surface area contributed by atoms with Gasteiger partial charge in [-0.3, -0.25) is 0 Å². The second-order valence-electron chi connectivity index (χ2n) is 8.98. The quantitative estimate of drug-likeness (QED) is 0.420. The summed E-state index contributed by atoms with van der Waals surface area (Å²) in [6.07, 6.45) is 3.80. The van der Waals surface area contributed by atoms with E-state index >= 15 is 0 Å². The summed E-state index contributed by atoms with van der Waals surface area (Å²) in [4.78, 5) is 11.0. The minimum Gasteiger partial charge on any atom is -0.362 e. The SMILES string of the molecule is CN(C)c1nc(NC[C@H]2CC[C@H](CNS(=O)(=O)c3ccc(Br)cc3F)CC2)nc2ccccc12. The van der Waals surface area contributed by atoms with E-state index in [2.05, 4.69) is 31.0 Å². The highest BCUT2D eigenvalue weighted by Crippen LogP contribution is 2.30. The molecule has 1 aromatic heterocycles. The number of rotatable bonds is 8. The van der Waals surface area contributed by atoms with Crippen molar-refractivity contribution in [2.75, 3.05) is 37.4 Å². The third-order valence-electron chi connectivity index (χ3n) is 6.27. The van der Waals surface area contributed by atoms with Crippen LogP contribution in [0.5, 0.6) is 0 Å². The molecular weight excluding hydrogens is 521 g/mol. The normalized spacial score (nSPS) is 18.7. The molecule has 34 heavy (non-hydrogen) atoms. The van der Waals surface area contributed by atoms with Crippen LogP contribution in [0.1, 0.15) is 25.7 Å². The molecule has 4 rings (SSSR count). The van der Waals surface area contributed by atoms with E-state index in [1.807, 2.05) is 43.3 Å². The average molecular weight is 550 g/mol. The van der Waals surface area contributed by atoms with Gasteiger partial charge in [0.2, 0.25) is 16.0 Å². The molecular formula is C24H29BrFN5O2S. The number of fused-ring (bicyclic) bond motifs is 1. The van der Waals surface area contributed by atoms with Crippen molar-refractivity contribution >= 4 is 48.6 Å². The molecule has 10 heteroatoms. The Morgan fingerprint density at radius 1 is 1.03 bits per heavy atom. The van der Waals surface area contributed by atoms with Gasteiger partial charge in [0.05, 0.1) is 5.52 Å². The number of nitrogens with one attached hydrogen (secondary N) is 2. The third kappa shape index (κ3) is 5.84. The lowest BCUT2D eigenvalue weighted by atomic mass is 9.82. The lowest BCUT2D eigenvalue weighted by Crippen LogP contribution is -2.32. The van der Waals surface area contributed by atoms with Crippen molar-refractivity contribution in [1.29, 1.82) is 0 Å². The van der Waals surface area contributed by atoms with E-state index in [0.29, 0.717) is 22.9 Å². The number of halogens is 2. The third-order valence-corrected chi connectivity index (χ3v) is 8.22. The predicted octanol–water partition coefficient (Wildman–Crippen LogP) is 4.79. The standard InChI is InChI=1S/C24H29BrFN5O2S/c1-31(2)23-19-5-3-4-6-21(19)29-24(30-23)27-14-16-7-9-17(10-8-16)15-28-34(32,33)22-12-11-18(25)13-20(22)26/h3-6,11-13,16-17,28H,7-10,14-15H2,1-2H3,(H,27,29,30)/t16-,17-. The van der Waals surface area contributed by atoms with E-state index in [1.54, 1.807) is 0 Å². The number of sulfonamides is 1. The predicted molar refractivity (Wildman–Crippen MR) is 137 cm³/mol. The summed E-state index contributed by atoms with van der Waals surface area (Å²) in [7, 11) is 0.0681. The molecule has 1 saturated carbocycles. The van der Waals surface area contributed by atoms with E-state index in [1.165, 1.54) is 12.1 Å². The topological polar surface area (TPSA) is 87.2 Å². The molecule has 0 amide bonds. The van der Waals surface area contributed by atoms with Gasteiger partial charge in [0, 0.05) is 37.0 Å². The fourth-order valence-electron chi connectivity index (χ4n) is 4.35. The number of anilines is 2. The fourth-order valence-corrected chi connectivity index (χ4v) is 5.86. The first kappa shape index (κ1) is 24.8. The summed E-state index contributed by atoms with van der Waals surface area (Å²) in [6, 6.07) is 11.9. The molecule has 0 spiro atoms. The van der Waals surface area contributed by atoms with Crippen LogP contribution in [-0.4, -0.2) is 45.6 Å². The van der Waals surface area contributed by atoms with Gasteiger partial charge in [-0.25, -0.2) is 22.5 Å². The van der Waals surface area contributed by atoms with Crippen molar-refractivity contribution in [1.82, 2.24) is 14.7 Å². The molecule has 7 nitrogen and oxygen atoms in total. The summed E-state index contributed by atoms with van der Waals surface area (Å²) < 4.78 is 42.2. The Morgan fingerprint density at radius 2 is 1.71 bits per heavy atom. The number of benzene rings is 2. The van der Waals surface area contributed by atoms with Crippen LogP contribution in [0.3, 0.4) is 0 Å².